The zero-order valence-corrected chi connectivity index (χ0v) is 31.1. The third-order valence-corrected chi connectivity index (χ3v) is 9.80. The lowest BCUT2D eigenvalue weighted by molar-refractivity contribution is 1.07. The van der Waals surface area contributed by atoms with Crippen LogP contribution in [0.3, 0.4) is 0 Å². The molecule has 0 aliphatic heterocycles. The molecule has 0 saturated heterocycles. The maximum Gasteiger partial charge on any atom is 0.164 e. The molecule has 272 valence electrons. The molecule has 0 fully saturated rings. The van der Waals surface area contributed by atoms with Gasteiger partial charge in [-0.25, -0.2) is 39.9 Å². The van der Waals surface area contributed by atoms with Crippen LogP contribution in [0, 0.1) is 0 Å². The summed E-state index contributed by atoms with van der Waals surface area (Å²) >= 11 is 0. The van der Waals surface area contributed by atoms with Crippen molar-refractivity contribution >= 4 is 11.0 Å². The van der Waals surface area contributed by atoms with Crippen molar-refractivity contribution in [1.29, 1.82) is 0 Å². The summed E-state index contributed by atoms with van der Waals surface area (Å²) < 4.78 is 0. The van der Waals surface area contributed by atoms with Gasteiger partial charge < -0.3 is 0 Å². The molecule has 7 aromatic carbocycles. The van der Waals surface area contributed by atoms with Crippen molar-refractivity contribution in [3.05, 3.63) is 194 Å². The second-order valence-corrected chi connectivity index (χ2v) is 13.6. The van der Waals surface area contributed by atoms with E-state index in [4.69, 9.17) is 39.9 Å². The summed E-state index contributed by atoms with van der Waals surface area (Å²) in [5.74, 6) is 3.63. The van der Waals surface area contributed by atoms with E-state index in [9.17, 15) is 0 Å². The Labute approximate surface area is 334 Å². The first kappa shape index (κ1) is 34.4. The Kier molecular flexibility index (Phi) is 9.02. The molecule has 0 radical (unpaired) electrons. The Morgan fingerprint density at radius 2 is 0.379 bits per heavy atom. The first-order valence-electron chi connectivity index (χ1n) is 18.9. The highest BCUT2D eigenvalue weighted by Crippen LogP contribution is 2.34. The maximum absolute atomic E-state index is 5.17. The van der Waals surface area contributed by atoms with Crippen LogP contribution in [0.1, 0.15) is 0 Å². The van der Waals surface area contributed by atoms with E-state index in [2.05, 4.69) is 24.3 Å². The topological polar surface area (TPSA) is 103 Å². The van der Waals surface area contributed by atoms with Gasteiger partial charge in [-0.15, -0.1) is 0 Å². The van der Waals surface area contributed by atoms with Crippen molar-refractivity contribution in [3.8, 4) is 90.8 Å². The molecule has 0 saturated carbocycles. The average Bonchev–Trinajstić information content (AvgIpc) is 3.32. The van der Waals surface area contributed by atoms with Gasteiger partial charge >= 0.3 is 0 Å². The van der Waals surface area contributed by atoms with E-state index < -0.39 is 0 Å². The molecule has 0 atom stereocenters. The smallest absolute Gasteiger partial charge is 0.164 e. The highest BCUT2D eigenvalue weighted by Gasteiger charge is 2.17. The minimum absolute atomic E-state index is 0.587. The molecule has 8 heteroatoms. The molecular formula is C50H32N8. The summed E-state index contributed by atoms with van der Waals surface area (Å²) in [5.41, 5.74) is 10.4. The van der Waals surface area contributed by atoms with Gasteiger partial charge in [0.2, 0.25) is 0 Å². The van der Waals surface area contributed by atoms with Gasteiger partial charge in [-0.1, -0.05) is 182 Å². The van der Waals surface area contributed by atoms with Crippen molar-refractivity contribution in [2.45, 2.75) is 0 Å². The largest absolute Gasteiger partial charge is 0.244 e. The van der Waals surface area contributed by atoms with Crippen molar-refractivity contribution in [1.82, 2.24) is 39.9 Å². The van der Waals surface area contributed by atoms with Gasteiger partial charge in [0, 0.05) is 44.5 Å². The predicted octanol–water partition coefficient (Wildman–Crippen LogP) is 11.3. The van der Waals surface area contributed by atoms with E-state index in [0.717, 1.165) is 66.9 Å². The maximum atomic E-state index is 5.17. The van der Waals surface area contributed by atoms with Crippen LogP contribution < -0.4 is 0 Å². The number of rotatable bonds is 8. The third kappa shape index (κ3) is 6.98. The Hall–Kier alpha value is -8.10. The molecular weight excluding hydrogens is 713 g/mol. The average molecular weight is 745 g/mol. The van der Waals surface area contributed by atoms with Crippen molar-refractivity contribution in [2.24, 2.45) is 0 Å². The van der Waals surface area contributed by atoms with Crippen LogP contribution in [0.2, 0.25) is 0 Å². The van der Waals surface area contributed by atoms with E-state index in [1.165, 1.54) is 0 Å². The number of para-hydroxylation sites is 2. The van der Waals surface area contributed by atoms with Crippen LogP contribution in [0.4, 0.5) is 0 Å². The van der Waals surface area contributed by atoms with Crippen LogP contribution in [0.25, 0.3) is 102 Å². The summed E-state index contributed by atoms with van der Waals surface area (Å²) in [6, 6.07) is 64.2. The molecule has 0 amide bonds. The minimum Gasteiger partial charge on any atom is -0.244 e. The van der Waals surface area contributed by atoms with Gasteiger partial charge in [0.1, 0.15) is 0 Å². The predicted molar refractivity (Wildman–Crippen MR) is 230 cm³/mol. The number of hydrogen-bond acceptors (Lipinski definition) is 8. The van der Waals surface area contributed by atoms with Crippen LogP contribution in [0.15, 0.2) is 194 Å². The number of hydrogen-bond donors (Lipinski definition) is 0. The lowest BCUT2D eigenvalue weighted by Gasteiger charge is -2.12. The highest BCUT2D eigenvalue weighted by atomic mass is 15.0. The Morgan fingerprint density at radius 3 is 0.638 bits per heavy atom. The lowest BCUT2D eigenvalue weighted by Crippen LogP contribution is -2.00. The lowest BCUT2D eigenvalue weighted by atomic mass is 10.0. The van der Waals surface area contributed by atoms with Gasteiger partial charge in [-0.05, 0) is 12.1 Å². The fourth-order valence-corrected chi connectivity index (χ4v) is 6.83. The van der Waals surface area contributed by atoms with Gasteiger partial charge in [0.15, 0.2) is 34.9 Å². The molecule has 58 heavy (non-hydrogen) atoms. The molecule has 0 unspecified atom stereocenters. The normalized spacial score (nSPS) is 11.1. The summed E-state index contributed by atoms with van der Waals surface area (Å²) in [6.45, 7) is 0. The van der Waals surface area contributed by atoms with E-state index in [1.54, 1.807) is 0 Å². The molecule has 0 aliphatic rings. The monoisotopic (exact) mass is 744 g/mol. The Morgan fingerprint density at radius 1 is 0.172 bits per heavy atom. The van der Waals surface area contributed by atoms with Crippen molar-refractivity contribution in [2.75, 3.05) is 0 Å². The minimum atomic E-state index is 0.587. The zero-order valence-electron chi connectivity index (χ0n) is 31.1. The second kappa shape index (κ2) is 15.2. The van der Waals surface area contributed by atoms with Crippen LogP contribution >= 0.6 is 0 Å². The first-order chi connectivity index (χ1) is 28.7. The number of nitrogens with zero attached hydrogens (tertiary/aromatic N) is 8. The molecule has 3 heterocycles. The number of aromatic nitrogens is 8. The first-order valence-corrected chi connectivity index (χ1v) is 18.9. The summed E-state index contributed by atoms with van der Waals surface area (Å²) in [5, 5.41) is 0. The Balaban J connectivity index is 1.04. The fourth-order valence-electron chi connectivity index (χ4n) is 6.83. The fraction of sp³-hybridized carbons (Fsp3) is 0. The molecule has 0 aliphatic carbocycles. The molecule has 10 aromatic rings. The molecule has 8 nitrogen and oxygen atoms in total. The number of fused-ring (bicyclic) bond motifs is 1. The van der Waals surface area contributed by atoms with Gasteiger partial charge in [0.25, 0.3) is 0 Å². The SMILES string of the molecule is c1ccc(-c2nc(-c3ccccc3)nc(-c3ccc(-c4nc5ccccc5nc4-c4ccc(-c5nc(-c6ccccc6)nc(-c6ccccc6)n5)cc4)cc3)n2)cc1. The molecule has 10 rings (SSSR count). The van der Waals surface area contributed by atoms with E-state index >= 15 is 0 Å². The van der Waals surface area contributed by atoms with Crippen LogP contribution in [0.5, 0.6) is 0 Å². The summed E-state index contributed by atoms with van der Waals surface area (Å²) in [4.78, 5) is 39.7. The Bertz CT molecular complexity index is 2690. The van der Waals surface area contributed by atoms with Gasteiger partial charge in [-0.2, -0.15) is 0 Å². The van der Waals surface area contributed by atoms with Crippen LogP contribution in [-0.2, 0) is 0 Å². The third-order valence-electron chi connectivity index (χ3n) is 9.80. The number of benzene rings is 7. The molecule has 0 N–H and O–H groups in total. The molecule has 3 aromatic heterocycles. The van der Waals surface area contributed by atoms with Crippen molar-refractivity contribution in [3.63, 3.8) is 0 Å². The van der Waals surface area contributed by atoms with E-state index in [0.29, 0.717) is 34.9 Å². The van der Waals surface area contributed by atoms with E-state index in [1.807, 2.05) is 170 Å². The summed E-state index contributed by atoms with van der Waals surface area (Å²) in [6.07, 6.45) is 0. The van der Waals surface area contributed by atoms with Crippen molar-refractivity contribution < 1.29 is 0 Å². The molecule has 0 bridgehead atoms. The standard InChI is InChI=1S/C50H32N8/c1-5-15-35(16-6-1)45-53-46(36-17-7-2-8-18-36)56-49(55-45)39-29-25-33(26-30-39)43-44(52-42-24-14-13-23-41(42)51-43)34-27-31-40(32-28-34)50-57-47(37-19-9-3-10-20-37)54-48(58-50)38-21-11-4-12-22-38/h1-32H. The summed E-state index contributed by atoms with van der Waals surface area (Å²) in [7, 11) is 0. The van der Waals surface area contributed by atoms with Gasteiger partial charge in [0.05, 0.1) is 22.4 Å². The second-order valence-electron chi connectivity index (χ2n) is 13.6. The van der Waals surface area contributed by atoms with Gasteiger partial charge in [-0.3, -0.25) is 0 Å². The quantitative estimate of drug-likeness (QED) is 0.151. The van der Waals surface area contributed by atoms with E-state index in [-0.39, 0.29) is 0 Å². The highest BCUT2D eigenvalue weighted by molar-refractivity contribution is 5.87. The molecule has 0 spiro atoms. The van der Waals surface area contributed by atoms with Crippen LogP contribution in [-0.4, -0.2) is 39.9 Å². The zero-order chi connectivity index (χ0) is 38.7.